The van der Waals surface area contributed by atoms with Crippen molar-refractivity contribution in [1.29, 1.82) is 0 Å². The summed E-state index contributed by atoms with van der Waals surface area (Å²) < 4.78 is 0.0629. The molecule has 13 heavy (non-hydrogen) atoms. The Bertz CT molecular complexity index is 272. The van der Waals surface area contributed by atoms with E-state index in [0.717, 1.165) is 6.42 Å². The summed E-state index contributed by atoms with van der Waals surface area (Å²) in [6.45, 7) is 0. The molecule has 0 fully saturated rings. The number of hydrogen-bond acceptors (Lipinski definition) is 1. The fraction of sp³-hybridized carbons (Fsp3) is 0.300. The van der Waals surface area contributed by atoms with E-state index in [2.05, 4.69) is 44.0 Å². The van der Waals surface area contributed by atoms with Crippen molar-refractivity contribution in [3.05, 3.63) is 35.9 Å². The summed E-state index contributed by atoms with van der Waals surface area (Å²) in [5.74, 6) is 0. The quantitative estimate of drug-likeness (QED) is 0.610. The monoisotopic (exact) mass is 304 g/mol. The van der Waals surface area contributed by atoms with Crippen LogP contribution in [0.5, 0.6) is 0 Å². The molecule has 1 nitrogen and oxygen atoms in total. The molecule has 1 aromatic carbocycles. The van der Waals surface area contributed by atoms with Crippen molar-refractivity contribution in [2.45, 2.75) is 17.7 Å². The number of benzene rings is 1. The van der Waals surface area contributed by atoms with Gasteiger partial charge in [0.15, 0.2) is 4.69 Å². The topological polar surface area (TPSA) is 17.1 Å². The SMILES string of the molecule is O=C(Br)CCC(Br)c1ccccc1. The van der Waals surface area contributed by atoms with Crippen molar-refractivity contribution < 1.29 is 4.79 Å². The molecule has 0 bridgehead atoms. The van der Waals surface area contributed by atoms with Gasteiger partial charge in [-0.2, -0.15) is 0 Å². The van der Waals surface area contributed by atoms with Crippen molar-refractivity contribution in [2.75, 3.05) is 0 Å². The molecule has 3 heteroatoms. The Balaban J connectivity index is 2.49. The lowest BCUT2D eigenvalue weighted by atomic mass is 10.1. The maximum atomic E-state index is 10.7. The molecule has 70 valence electrons. The maximum Gasteiger partial charge on any atom is 0.197 e. The summed E-state index contributed by atoms with van der Waals surface area (Å²) in [5.41, 5.74) is 1.22. The highest BCUT2D eigenvalue weighted by atomic mass is 79.9. The first-order chi connectivity index (χ1) is 6.20. The zero-order valence-corrected chi connectivity index (χ0v) is 10.2. The molecule has 0 amide bonds. The highest BCUT2D eigenvalue weighted by Gasteiger charge is 2.07. The van der Waals surface area contributed by atoms with E-state index in [4.69, 9.17) is 0 Å². The summed E-state index contributed by atoms with van der Waals surface area (Å²) in [6.07, 6.45) is 1.39. The molecular formula is C10H10Br2O. The zero-order chi connectivity index (χ0) is 9.68. The lowest BCUT2D eigenvalue weighted by Gasteiger charge is -2.07. The van der Waals surface area contributed by atoms with Gasteiger partial charge in [-0.15, -0.1) is 0 Å². The van der Waals surface area contributed by atoms with Gasteiger partial charge in [-0.3, -0.25) is 4.79 Å². The third-order valence-corrected chi connectivity index (χ3v) is 3.14. The lowest BCUT2D eigenvalue weighted by molar-refractivity contribution is -0.110. The Hall–Kier alpha value is -0.150. The summed E-state index contributed by atoms with van der Waals surface area (Å²) in [4.78, 5) is 10.9. The largest absolute Gasteiger partial charge is 0.287 e. The summed E-state index contributed by atoms with van der Waals surface area (Å²) >= 11 is 6.46. The average molecular weight is 306 g/mol. The van der Waals surface area contributed by atoms with E-state index in [1.807, 2.05) is 18.2 Å². The molecule has 0 N–H and O–H groups in total. The lowest BCUT2D eigenvalue weighted by Crippen LogP contribution is -1.92. The Morgan fingerprint density at radius 1 is 1.31 bits per heavy atom. The molecule has 0 spiro atoms. The van der Waals surface area contributed by atoms with Crippen LogP contribution in [0.25, 0.3) is 0 Å². The van der Waals surface area contributed by atoms with Crippen LogP contribution in [0.2, 0.25) is 0 Å². The predicted octanol–water partition coefficient (Wildman–Crippen LogP) is 3.82. The minimum absolute atomic E-state index is 0.0629. The van der Waals surface area contributed by atoms with Crippen molar-refractivity contribution in [3.8, 4) is 0 Å². The first kappa shape index (κ1) is 10.9. The Morgan fingerprint density at radius 3 is 2.46 bits per heavy atom. The van der Waals surface area contributed by atoms with Crippen LogP contribution in [-0.2, 0) is 4.79 Å². The third kappa shape index (κ3) is 4.05. The maximum absolute atomic E-state index is 10.7. The number of carbonyl (C=O) groups excluding carboxylic acids is 1. The van der Waals surface area contributed by atoms with Crippen LogP contribution >= 0.6 is 31.9 Å². The van der Waals surface area contributed by atoms with Gasteiger partial charge in [0.25, 0.3) is 0 Å². The fourth-order valence-electron chi connectivity index (χ4n) is 1.07. The molecule has 0 aliphatic rings. The third-order valence-electron chi connectivity index (χ3n) is 1.76. The number of hydrogen-bond donors (Lipinski definition) is 0. The first-order valence-electron chi connectivity index (χ1n) is 4.07. The van der Waals surface area contributed by atoms with Crippen molar-refractivity contribution in [2.24, 2.45) is 0 Å². The van der Waals surface area contributed by atoms with E-state index >= 15 is 0 Å². The average Bonchev–Trinajstić information content (AvgIpc) is 2.15. The zero-order valence-electron chi connectivity index (χ0n) is 7.04. The molecule has 0 aliphatic heterocycles. The van der Waals surface area contributed by atoms with Crippen LogP contribution in [0.3, 0.4) is 0 Å². The normalized spacial score (nSPS) is 12.5. The van der Waals surface area contributed by atoms with Crippen LogP contribution < -0.4 is 0 Å². The van der Waals surface area contributed by atoms with Crippen molar-refractivity contribution in [3.63, 3.8) is 0 Å². The highest BCUT2D eigenvalue weighted by Crippen LogP contribution is 2.27. The van der Waals surface area contributed by atoms with Gasteiger partial charge >= 0.3 is 0 Å². The number of rotatable bonds is 4. The minimum Gasteiger partial charge on any atom is -0.287 e. The molecule has 0 heterocycles. The van der Waals surface area contributed by atoms with E-state index in [1.54, 1.807) is 0 Å². The number of alkyl halides is 1. The number of halogens is 2. The van der Waals surface area contributed by atoms with E-state index in [-0.39, 0.29) is 9.52 Å². The fourth-order valence-corrected chi connectivity index (χ4v) is 1.83. The molecule has 0 saturated heterocycles. The van der Waals surface area contributed by atoms with Gasteiger partial charge < -0.3 is 0 Å². The molecule has 1 rings (SSSR count). The second kappa shape index (κ2) is 5.55. The second-order valence-corrected chi connectivity index (χ2v) is 4.76. The van der Waals surface area contributed by atoms with Crippen LogP contribution in [0, 0.1) is 0 Å². The Morgan fingerprint density at radius 2 is 1.92 bits per heavy atom. The van der Waals surface area contributed by atoms with E-state index in [0.29, 0.717) is 6.42 Å². The van der Waals surface area contributed by atoms with Crippen LogP contribution in [-0.4, -0.2) is 4.69 Å². The van der Waals surface area contributed by atoms with Gasteiger partial charge in [0, 0.05) is 11.2 Å². The minimum atomic E-state index is 0.0629. The van der Waals surface area contributed by atoms with Gasteiger partial charge in [0.1, 0.15) is 0 Å². The predicted molar refractivity (Wildman–Crippen MR) is 61.3 cm³/mol. The van der Waals surface area contributed by atoms with Gasteiger partial charge in [-0.25, -0.2) is 0 Å². The van der Waals surface area contributed by atoms with Gasteiger partial charge in [-0.05, 0) is 27.9 Å². The molecule has 0 radical (unpaired) electrons. The summed E-state index contributed by atoms with van der Waals surface area (Å²) in [7, 11) is 0. The van der Waals surface area contributed by atoms with Gasteiger partial charge in [0.2, 0.25) is 0 Å². The standard InChI is InChI=1S/C10H10Br2O/c11-9(6-7-10(12)13)8-4-2-1-3-5-8/h1-5,9H,6-7H2. The van der Waals surface area contributed by atoms with Gasteiger partial charge in [-0.1, -0.05) is 46.3 Å². The van der Waals surface area contributed by atoms with Crippen molar-refractivity contribution >= 4 is 36.6 Å². The molecule has 1 unspecified atom stereocenters. The molecule has 1 aromatic rings. The summed E-state index contributed by atoms with van der Waals surface area (Å²) in [6, 6.07) is 10.1. The van der Waals surface area contributed by atoms with Gasteiger partial charge in [0.05, 0.1) is 0 Å². The number of carbonyl (C=O) groups is 1. The van der Waals surface area contributed by atoms with Crippen LogP contribution in [0.4, 0.5) is 0 Å². The summed E-state index contributed by atoms with van der Waals surface area (Å²) in [5, 5.41) is 0. The Kier molecular flexibility index (Phi) is 4.67. The molecule has 0 aromatic heterocycles. The molecule has 1 atom stereocenters. The van der Waals surface area contributed by atoms with E-state index < -0.39 is 0 Å². The van der Waals surface area contributed by atoms with Crippen LogP contribution in [0.15, 0.2) is 30.3 Å². The van der Waals surface area contributed by atoms with E-state index in [1.165, 1.54) is 5.56 Å². The first-order valence-corrected chi connectivity index (χ1v) is 5.78. The Labute approximate surface area is 94.8 Å². The van der Waals surface area contributed by atoms with E-state index in [9.17, 15) is 4.79 Å². The smallest absolute Gasteiger partial charge is 0.197 e. The highest BCUT2D eigenvalue weighted by molar-refractivity contribution is 9.18. The van der Waals surface area contributed by atoms with Crippen LogP contribution in [0.1, 0.15) is 23.2 Å². The van der Waals surface area contributed by atoms with Crippen molar-refractivity contribution in [1.82, 2.24) is 0 Å². The second-order valence-electron chi connectivity index (χ2n) is 2.77. The molecule has 0 saturated carbocycles. The molecular weight excluding hydrogens is 296 g/mol. The molecule has 0 aliphatic carbocycles.